The molecule has 0 amide bonds. The van der Waals surface area contributed by atoms with E-state index in [2.05, 4.69) is 31.2 Å². The summed E-state index contributed by atoms with van der Waals surface area (Å²) in [5.41, 5.74) is 1.72. The number of rotatable bonds is 5. The normalized spacial score (nSPS) is 12.2. The van der Waals surface area contributed by atoms with Crippen LogP contribution in [0.3, 0.4) is 0 Å². The first-order valence-corrected chi connectivity index (χ1v) is 7.94. The molecule has 0 saturated carbocycles. The van der Waals surface area contributed by atoms with E-state index in [0.717, 1.165) is 12.8 Å². The summed E-state index contributed by atoms with van der Waals surface area (Å²) in [6.45, 7) is 8.16. The zero-order chi connectivity index (χ0) is 16.2. The molecule has 2 aromatic carbocycles. The van der Waals surface area contributed by atoms with E-state index in [9.17, 15) is 4.79 Å². The SMILES string of the molecule is CC(C)(C)C(=O)C(C)(Cc1ccccc1)Cc1ccccc1. The largest absolute Gasteiger partial charge is 0.298 e. The number of carbonyl (C=O) groups excluding carboxylic acids is 1. The maximum Gasteiger partial charge on any atom is 0.144 e. The summed E-state index contributed by atoms with van der Waals surface area (Å²) in [4.78, 5) is 13.1. The Labute approximate surface area is 134 Å². The monoisotopic (exact) mass is 294 g/mol. The first-order valence-electron chi connectivity index (χ1n) is 7.94. The Balaban J connectivity index is 2.33. The first-order chi connectivity index (χ1) is 10.3. The van der Waals surface area contributed by atoms with Gasteiger partial charge in [0.15, 0.2) is 0 Å². The standard InChI is InChI=1S/C21H26O/c1-20(2,3)19(22)21(4,15-17-11-7-5-8-12-17)16-18-13-9-6-10-14-18/h5-14H,15-16H2,1-4H3. The van der Waals surface area contributed by atoms with Gasteiger partial charge in [0.05, 0.1) is 0 Å². The van der Waals surface area contributed by atoms with Crippen molar-refractivity contribution in [2.75, 3.05) is 0 Å². The van der Waals surface area contributed by atoms with E-state index >= 15 is 0 Å². The van der Waals surface area contributed by atoms with E-state index in [1.807, 2.05) is 57.2 Å². The molecule has 0 spiro atoms. The van der Waals surface area contributed by atoms with Gasteiger partial charge in [0.25, 0.3) is 0 Å². The van der Waals surface area contributed by atoms with Gasteiger partial charge in [0.2, 0.25) is 0 Å². The van der Waals surface area contributed by atoms with Crippen LogP contribution in [-0.2, 0) is 17.6 Å². The predicted octanol–water partition coefficient (Wildman–Crippen LogP) is 5.09. The fraction of sp³-hybridized carbons (Fsp3) is 0.381. The minimum absolute atomic E-state index is 0.327. The predicted molar refractivity (Wildman–Crippen MR) is 92.9 cm³/mol. The maximum absolute atomic E-state index is 13.1. The number of benzene rings is 2. The topological polar surface area (TPSA) is 17.1 Å². The molecule has 0 aliphatic rings. The first kappa shape index (κ1) is 16.5. The fourth-order valence-corrected chi connectivity index (χ4v) is 3.22. The molecule has 2 rings (SSSR count). The van der Waals surface area contributed by atoms with Gasteiger partial charge in [0.1, 0.15) is 5.78 Å². The Bertz CT molecular complexity index is 564. The number of hydrogen-bond acceptors (Lipinski definition) is 1. The van der Waals surface area contributed by atoms with Crippen LogP contribution in [0.1, 0.15) is 38.8 Å². The number of carbonyl (C=O) groups is 1. The number of Topliss-reactive ketones (excluding diaryl/α,β-unsaturated/α-hetero) is 1. The highest BCUT2D eigenvalue weighted by atomic mass is 16.1. The molecule has 0 aromatic heterocycles. The molecule has 0 fully saturated rings. The van der Waals surface area contributed by atoms with Crippen molar-refractivity contribution in [2.24, 2.45) is 10.8 Å². The average Bonchev–Trinajstić information content (AvgIpc) is 2.47. The van der Waals surface area contributed by atoms with Crippen LogP contribution >= 0.6 is 0 Å². The van der Waals surface area contributed by atoms with Crippen molar-refractivity contribution in [1.29, 1.82) is 0 Å². The van der Waals surface area contributed by atoms with Crippen LogP contribution in [0.5, 0.6) is 0 Å². The van der Waals surface area contributed by atoms with E-state index < -0.39 is 0 Å². The molecular weight excluding hydrogens is 268 g/mol. The molecule has 2 aromatic rings. The van der Waals surface area contributed by atoms with Crippen LogP contribution in [-0.4, -0.2) is 5.78 Å². The Morgan fingerprint density at radius 2 is 1.09 bits per heavy atom. The molecule has 0 saturated heterocycles. The van der Waals surface area contributed by atoms with Crippen LogP contribution in [0.25, 0.3) is 0 Å². The van der Waals surface area contributed by atoms with Gasteiger partial charge in [-0.25, -0.2) is 0 Å². The molecule has 0 aliphatic heterocycles. The fourth-order valence-electron chi connectivity index (χ4n) is 3.22. The summed E-state index contributed by atoms with van der Waals surface area (Å²) in [6, 6.07) is 20.6. The van der Waals surface area contributed by atoms with Gasteiger partial charge < -0.3 is 0 Å². The molecule has 0 aliphatic carbocycles. The molecule has 0 atom stereocenters. The van der Waals surface area contributed by atoms with Crippen molar-refractivity contribution in [3.63, 3.8) is 0 Å². The van der Waals surface area contributed by atoms with Crippen molar-refractivity contribution in [3.05, 3.63) is 71.8 Å². The molecule has 0 N–H and O–H groups in total. The summed E-state index contributed by atoms with van der Waals surface area (Å²) >= 11 is 0. The van der Waals surface area contributed by atoms with Gasteiger partial charge in [-0.05, 0) is 24.0 Å². The van der Waals surface area contributed by atoms with Crippen molar-refractivity contribution in [3.8, 4) is 0 Å². The van der Waals surface area contributed by atoms with E-state index in [4.69, 9.17) is 0 Å². The van der Waals surface area contributed by atoms with E-state index in [1.165, 1.54) is 11.1 Å². The Morgan fingerprint density at radius 3 is 1.41 bits per heavy atom. The summed E-state index contributed by atoms with van der Waals surface area (Å²) in [5.74, 6) is 0.327. The van der Waals surface area contributed by atoms with Crippen LogP contribution in [0, 0.1) is 10.8 Å². The smallest absolute Gasteiger partial charge is 0.144 e. The van der Waals surface area contributed by atoms with Gasteiger partial charge in [-0.3, -0.25) is 4.79 Å². The lowest BCUT2D eigenvalue weighted by molar-refractivity contribution is -0.135. The Morgan fingerprint density at radius 1 is 0.727 bits per heavy atom. The summed E-state index contributed by atoms with van der Waals surface area (Å²) in [6.07, 6.45) is 1.55. The molecule has 22 heavy (non-hydrogen) atoms. The summed E-state index contributed by atoms with van der Waals surface area (Å²) < 4.78 is 0. The highest BCUT2D eigenvalue weighted by molar-refractivity contribution is 5.89. The van der Waals surface area contributed by atoms with Gasteiger partial charge in [-0.2, -0.15) is 0 Å². The van der Waals surface area contributed by atoms with E-state index in [0.29, 0.717) is 5.78 Å². The zero-order valence-corrected chi connectivity index (χ0v) is 14.1. The third-order valence-electron chi connectivity index (χ3n) is 4.10. The molecular formula is C21H26O. The van der Waals surface area contributed by atoms with Crippen molar-refractivity contribution in [2.45, 2.75) is 40.5 Å². The molecule has 0 radical (unpaired) electrons. The number of hydrogen-bond donors (Lipinski definition) is 0. The Hall–Kier alpha value is -1.89. The van der Waals surface area contributed by atoms with Crippen molar-refractivity contribution in [1.82, 2.24) is 0 Å². The van der Waals surface area contributed by atoms with E-state index in [-0.39, 0.29) is 10.8 Å². The minimum atomic E-state index is -0.388. The third kappa shape index (κ3) is 4.07. The molecule has 0 bridgehead atoms. The maximum atomic E-state index is 13.1. The third-order valence-corrected chi connectivity index (χ3v) is 4.10. The highest BCUT2D eigenvalue weighted by Crippen LogP contribution is 2.35. The zero-order valence-electron chi connectivity index (χ0n) is 14.1. The molecule has 0 unspecified atom stereocenters. The van der Waals surface area contributed by atoms with E-state index in [1.54, 1.807) is 0 Å². The second-order valence-electron chi connectivity index (χ2n) is 7.46. The summed E-state index contributed by atoms with van der Waals surface area (Å²) in [5, 5.41) is 0. The molecule has 116 valence electrons. The lowest BCUT2D eigenvalue weighted by Gasteiger charge is -2.34. The Kier molecular flexibility index (Phi) is 4.85. The lowest BCUT2D eigenvalue weighted by atomic mass is 9.67. The van der Waals surface area contributed by atoms with Crippen LogP contribution < -0.4 is 0 Å². The van der Waals surface area contributed by atoms with Gasteiger partial charge in [-0.1, -0.05) is 88.4 Å². The lowest BCUT2D eigenvalue weighted by Crippen LogP contribution is -2.40. The molecule has 1 nitrogen and oxygen atoms in total. The van der Waals surface area contributed by atoms with Gasteiger partial charge in [0, 0.05) is 10.8 Å². The van der Waals surface area contributed by atoms with Crippen molar-refractivity contribution >= 4 is 5.78 Å². The van der Waals surface area contributed by atoms with Gasteiger partial charge >= 0.3 is 0 Å². The van der Waals surface area contributed by atoms with Crippen LogP contribution in [0.4, 0.5) is 0 Å². The quantitative estimate of drug-likeness (QED) is 0.750. The minimum Gasteiger partial charge on any atom is -0.298 e. The number of ketones is 1. The van der Waals surface area contributed by atoms with Crippen molar-refractivity contribution < 1.29 is 4.79 Å². The second-order valence-corrected chi connectivity index (χ2v) is 7.46. The molecule has 0 heterocycles. The molecule has 1 heteroatoms. The average molecular weight is 294 g/mol. The van der Waals surface area contributed by atoms with Crippen LogP contribution in [0.15, 0.2) is 60.7 Å². The highest BCUT2D eigenvalue weighted by Gasteiger charge is 2.39. The van der Waals surface area contributed by atoms with Gasteiger partial charge in [-0.15, -0.1) is 0 Å². The summed E-state index contributed by atoms with van der Waals surface area (Å²) in [7, 11) is 0. The van der Waals surface area contributed by atoms with Crippen LogP contribution in [0.2, 0.25) is 0 Å². The second kappa shape index (κ2) is 6.48.